The van der Waals surface area contributed by atoms with E-state index in [2.05, 4.69) is 59.8 Å². The van der Waals surface area contributed by atoms with Gasteiger partial charge in [-0.1, -0.05) is 58.7 Å². The van der Waals surface area contributed by atoms with Gasteiger partial charge in [-0.2, -0.15) is 0 Å². The molecule has 0 aliphatic carbocycles. The van der Waals surface area contributed by atoms with Gasteiger partial charge in [-0.15, -0.1) is 0 Å². The van der Waals surface area contributed by atoms with Gasteiger partial charge in [0.05, 0.1) is 15.4 Å². The van der Waals surface area contributed by atoms with Crippen molar-refractivity contribution in [1.29, 1.82) is 0 Å². The van der Waals surface area contributed by atoms with Gasteiger partial charge in [0.1, 0.15) is 6.10 Å². The van der Waals surface area contributed by atoms with E-state index in [4.69, 9.17) is 4.74 Å². The molecule has 0 aliphatic heterocycles. The molecule has 1 unspecified atom stereocenters. The number of ether oxygens (including phenoxy) is 1. The Morgan fingerprint density at radius 1 is 0.737 bits per heavy atom. The summed E-state index contributed by atoms with van der Waals surface area (Å²) in [6.45, 7) is 12.5. The summed E-state index contributed by atoms with van der Waals surface area (Å²) < 4.78 is 31.6. The van der Waals surface area contributed by atoms with Crippen molar-refractivity contribution < 1.29 is 17.9 Å². The minimum absolute atomic E-state index is 0.140. The average Bonchev–Trinajstić information content (AvgIpc) is 2.87. The van der Waals surface area contributed by atoms with Gasteiger partial charge in [0, 0.05) is 6.42 Å². The Morgan fingerprint density at radius 3 is 1.82 bits per heavy atom. The van der Waals surface area contributed by atoms with Gasteiger partial charge >= 0.3 is 5.97 Å². The van der Waals surface area contributed by atoms with E-state index < -0.39 is 21.9 Å². The van der Waals surface area contributed by atoms with Crippen molar-refractivity contribution in [1.82, 2.24) is 0 Å². The van der Waals surface area contributed by atoms with Gasteiger partial charge in [0.15, 0.2) is 0 Å². The fourth-order valence-electron chi connectivity index (χ4n) is 3.86. The Labute approximate surface area is 229 Å². The van der Waals surface area contributed by atoms with Crippen LogP contribution in [0.5, 0.6) is 0 Å². The van der Waals surface area contributed by atoms with Crippen LogP contribution in [-0.4, -0.2) is 20.5 Å². The first-order valence-electron chi connectivity index (χ1n) is 13.2. The molecule has 204 valence electrons. The van der Waals surface area contributed by atoms with Crippen molar-refractivity contribution in [3.63, 3.8) is 0 Å². The van der Waals surface area contributed by atoms with Crippen LogP contribution < -0.4 is 0 Å². The number of esters is 1. The number of carbonyl (C=O) groups excluding carboxylic acids is 1. The van der Waals surface area contributed by atoms with Crippen LogP contribution in [0.2, 0.25) is 0 Å². The zero-order valence-electron chi connectivity index (χ0n) is 23.7. The Balaban J connectivity index is 2.18. The topological polar surface area (TPSA) is 60.4 Å². The first-order valence-corrected chi connectivity index (χ1v) is 14.7. The fraction of sp³-hybridized carbons (Fsp3) is 0.364. The van der Waals surface area contributed by atoms with Crippen LogP contribution >= 0.6 is 0 Å². The van der Waals surface area contributed by atoms with E-state index >= 15 is 0 Å². The van der Waals surface area contributed by atoms with Gasteiger partial charge in [-0.05, 0) is 110 Å². The third-order valence-corrected chi connectivity index (χ3v) is 7.85. The summed E-state index contributed by atoms with van der Waals surface area (Å²) in [6.07, 6.45) is 12.6. The maximum Gasteiger partial charge on any atom is 0.338 e. The van der Waals surface area contributed by atoms with Crippen molar-refractivity contribution >= 4 is 15.8 Å². The van der Waals surface area contributed by atoms with Crippen LogP contribution in [0.1, 0.15) is 84.0 Å². The quantitative estimate of drug-likeness (QED) is 0.190. The van der Waals surface area contributed by atoms with Crippen LogP contribution in [0.4, 0.5) is 0 Å². The summed E-state index contributed by atoms with van der Waals surface area (Å²) in [6, 6.07) is 14.2. The molecule has 0 heterocycles. The SMILES string of the molecule is CC(C)=CCC/C(C)=C/CC(/C=C(\C)CCC=C(C)C)OC(=O)c1ccc(S(=O)(=O)c2ccccc2)cc1. The van der Waals surface area contributed by atoms with E-state index in [1.807, 2.05) is 6.08 Å². The van der Waals surface area contributed by atoms with Crippen molar-refractivity contribution in [3.05, 3.63) is 107 Å². The maximum absolute atomic E-state index is 13.0. The second kappa shape index (κ2) is 15.3. The summed E-state index contributed by atoms with van der Waals surface area (Å²) in [7, 11) is -3.65. The highest BCUT2D eigenvalue weighted by atomic mass is 32.2. The van der Waals surface area contributed by atoms with Crippen LogP contribution in [0, 0.1) is 0 Å². The summed E-state index contributed by atoms with van der Waals surface area (Å²) in [5.41, 5.74) is 5.34. The highest BCUT2D eigenvalue weighted by Crippen LogP contribution is 2.22. The van der Waals surface area contributed by atoms with E-state index in [1.54, 1.807) is 30.3 Å². The molecule has 2 aromatic carbocycles. The highest BCUT2D eigenvalue weighted by molar-refractivity contribution is 7.91. The zero-order chi connectivity index (χ0) is 28.1. The predicted molar refractivity (Wildman–Crippen MR) is 157 cm³/mol. The van der Waals surface area contributed by atoms with Crippen LogP contribution in [0.3, 0.4) is 0 Å². The Bertz CT molecular complexity index is 1270. The summed E-state index contributed by atoms with van der Waals surface area (Å²) in [5, 5.41) is 0. The first kappa shape index (κ1) is 31.0. The van der Waals surface area contributed by atoms with Gasteiger partial charge in [-0.25, -0.2) is 13.2 Å². The number of hydrogen-bond donors (Lipinski definition) is 0. The molecule has 2 rings (SSSR count). The number of carbonyl (C=O) groups is 1. The smallest absolute Gasteiger partial charge is 0.338 e. The molecule has 1 atom stereocenters. The van der Waals surface area contributed by atoms with E-state index in [0.29, 0.717) is 12.0 Å². The lowest BCUT2D eigenvalue weighted by molar-refractivity contribution is 0.0398. The second-order valence-corrected chi connectivity index (χ2v) is 12.2. The number of allylic oxidation sites excluding steroid dienone is 6. The Kier molecular flexibility index (Phi) is 12.5. The van der Waals surface area contributed by atoms with Gasteiger partial charge in [-0.3, -0.25) is 0 Å². The average molecular weight is 535 g/mol. The highest BCUT2D eigenvalue weighted by Gasteiger charge is 2.19. The van der Waals surface area contributed by atoms with Gasteiger partial charge in [0.2, 0.25) is 9.84 Å². The van der Waals surface area contributed by atoms with E-state index in [-0.39, 0.29) is 9.79 Å². The molecule has 0 amide bonds. The number of rotatable bonds is 13. The lowest BCUT2D eigenvalue weighted by atomic mass is 10.0. The van der Waals surface area contributed by atoms with Gasteiger partial charge in [0.25, 0.3) is 0 Å². The lowest BCUT2D eigenvalue weighted by Gasteiger charge is -2.15. The largest absolute Gasteiger partial charge is 0.454 e. The van der Waals surface area contributed by atoms with E-state index in [1.165, 1.54) is 46.6 Å². The number of sulfone groups is 1. The minimum atomic E-state index is -3.65. The fourth-order valence-corrected chi connectivity index (χ4v) is 5.14. The van der Waals surface area contributed by atoms with E-state index in [0.717, 1.165) is 25.7 Å². The summed E-state index contributed by atoms with van der Waals surface area (Å²) in [5.74, 6) is -0.470. The molecule has 0 N–H and O–H groups in total. The number of hydrogen-bond acceptors (Lipinski definition) is 4. The third-order valence-electron chi connectivity index (χ3n) is 6.06. The monoisotopic (exact) mass is 534 g/mol. The van der Waals surface area contributed by atoms with Crippen molar-refractivity contribution in [2.75, 3.05) is 0 Å². The molecule has 0 aromatic heterocycles. The molecule has 4 nitrogen and oxygen atoms in total. The van der Waals surface area contributed by atoms with Crippen molar-refractivity contribution in [2.24, 2.45) is 0 Å². The molecule has 0 saturated heterocycles. The summed E-state index contributed by atoms with van der Waals surface area (Å²) >= 11 is 0. The maximum atomic E-state index is 13.0. The first-order chi connectivity index (χ1) is 18.0. The third kappa shape index (κ3) is 10.7. The molecule has 0 bridgehead atoms. The predicted octanol–water partition coefficient (Wildman–Crippen LogP) is 8.82. The second-order valence-electron chi connectivity index (χ2n) is 10.2. The molecule has 2 aromatic rings. The normalized spacial score (nSPS) is 13.0. The molecule has 0 saturated carbocycles. The number of benzene rings is 2. The molecule has 0 fully saturated rings. The molecule has 38 heavy (non-hydrogen) atoms. The Morgan fingerprint density at radius 2 is 1.26 bits per heavy atom. The van der Waals surface area contributed by atoms with E-state index in [9.17, 15) is 13.2 Å². The van der Waals surface area contributed by atoms with Crippen molar-refractivity contribution in [2.45, 2.75) is 89.5 Å². The van der Waals surface area contributed by atoms with Gasteiger partial charge < -0.3 is 4.74 Å². The molecule has 0 radical (unpaired) electrons. The molecule has 5 heteroatoms. The lowest BCUT2D eigenvalue weighted by Crippen LogP contribution is -2.16. The zero-order valence-corrected chi connectivity index (χ0v) is 24.5. The Hall–Kier alpha value is -3.18. The van der Waals surface area contributed by atoms with Crippen molar-refractivity contribution in [3.8, 4) is 0 Å². The molecular formula is C33H42O4S. The standard InChI is InChI=1S/C33H42O4S/c1-25(2)12-10-14-27(5)18-21-30(24-28(6)15-11-13-26(3)4)37-33(34)29-19-22-32(23-20-29)38(35,36)31-16-8-7-9-17-31/h7-9,12-13,16-20,22-24,30H,10-11,14-15,21H2,1-6H3/b27-18+,28-24+. The summed E-state index contributed by atoms with van der Waals surface area (Å²) in [4.78, 5) is 13.4. The van der Waals surface area contributed by atoms with Crippen LogP contribution in [-0.2, 0) is 14.6 Å². The molecule has 0 aliphatic rings. The van der Waals surface area contributed by atoms with Crippen LogP contribution in [0.15, 0.2) is 111 Å². The minimum Gasteiger partial charge on any atom is -0.454 e. The van der Waals surface area contributed by atoms with Crippen LogP contribution in [0.25, 0.3) is 0 Å². The molecule has 0 spiro atoms. The molecular weight excluding hydrogens is 492 g/mol.